The molecule has 0 radical (unpaired) electrons. The molecule has 0 spiro atoms. The van der Waals surface area contributed by atoms with Crippen LogP contribution in [0.3, 0.4) is 0 Å². The number of benzene rings is 1. The summed E-state index contributed by atoms with van der Waals surface area (Å²) in [5.41, 5.74) is 2.67. The Morgan fingerprint density at radius 1 is 1.03 bits per heavy atom. The fourth-order valence-corrected chi connectivity index (χ4v) is 5.61. The van der Waals surface area contributed by atoms with Crippen molar-refractivity contribution in [3.8, 4) is 0 Å². The van der Waals surface area contributed by atoms with Crippen molar-refractivity contribution in [3.63, 3.8) is 0 Å². The number of carbonyl (C=O) groups excluding carboxylic acids is 2. The minimum absolute atomic E-state index is 0.0521. The van der Waals surface area contributed by atoms with Crippen molar-refractivity contribution >= 4 is 23.6 Å². The number of carbonyl (C=O) groups is 2. The van der Waals surface area contributed by atoms with Crippen LogP contribution >= 0.6 is 11.8 Å². The van der Waals surface area contributed by atoms with E-state index in [9.17, 15) is 9.59 Å². The largest absolute Gasteiger partial charge is 0.340 e. The van der Waals surface area contributed by atoms with Gasteiger partial charge in [-0.1, -0.05) is 58.9 Å². The summed E-state index contributed by atoms with van der Waals surface area (Å²) in [7, 11) is 0. The van der Waals surface area contributed by atoms with Gasteiger partial charge in [0, 0.05) is 45.7 Å². The molecule has 3 rings (SSSR count). The molecule has 0 unspecified atom stereocenters. The number of rotatable bonds is 6. The molecule has 0 N–H and O–H groups in total. The van der Waals surface area contributed by atoms with Crippen LogP contribution in [0, 0.1) is 0 Å². The van der Waals surface area contributed by atoms with Crippen molar-refractivity contribution in [2.75, 3.05) is 39.3 Å². The number of nitrogens with zero attached hydrogens (tertiary/aromatic N) is 3. The zero-order valence-electron chi connectivity index (χ0n) is 19.2. The molecular weight excluding hydrogens is 394 g/mol. The minimum Gasteiger partial charge on any atom is -0.340 e. The molecule has 166 valence electrons. The Morgan fingerprint density at radius 2 is 1.67 bits per heavy atom. The van der Waals surface area contributed by atoms with Gasteiger partial charge >= 0.3 is 0 Å². The van der Waals surface area contributed by atoms with Crippen LogP contribution in [0.5, 0.6) is 0 Å². The van der Waals surface area contributed by atoms with Crippen LogP contribution in [0.2, 0.25) is 0 Å². The van der Waals surface area contributed by atoms with Gasteiger partial charge in [-0.05, 0) is 23.0 Å². The summed E-state index contributed by atoms with van der Waals surface area (Å²) in [6.45, 7) is 15.7. The molecule has 2 aliphatic heterocycles. The van der Waals surface area contributed by atoms with E-state index in [1.807, 2.05) is 11.8 Å². The van der Waals surface area contributed by atoms with Crippen molar-refractivity contribution in [2.45, 2.75) is 63.5 Å². The standard InChI is InChI=1S/C24H37N3O2S/c1-6-20-22(29)27(17-14-25-12-15-26(16-13-25)21(28)7-2)23(30-20)18-8-10-19(11-9-18)24(3,4)5/h8-11,20,23H,6-7,12-17H2,1-5H3/t20-,23+/m0/s1. The van der Waals surface area contributed by atoms with Gasteiger partial charge in [0.05, 0.1) is 5.25 Å². The number of hydrogen-bond donors (Lipinski definition) is 0. The molecule has 0 saturated carbocycles. The topological polar surface area (TPSA) is 43.9 Å². The third-order valence-electron chi connectivity index (χ3n) is 6.25. The third kappa shape index (κ3) is 5.20. The van der Waals surface area contributed by atoms with Crippen molar-refractivity contribution in [1.82, 2.24) is 14.7 Å². The maximum atomic E-state index is 13.0. The molecule has 5 nitrogen and oxygen atoms in total. The molecule has 2 amide bonds. The normalized spacial score (nSPS) is 23.3. The van der Waals surface area contributed by atoms with E-state index in [0.717, 1.165) is 45.7 Å². The lowest BCUT2D eigenvalue weighted by atomic mass is 9.86. The lowest BCUT2D eigenvalue weighted by Crippen LogP contribution is -2.50. The molecule has 30 heavy (non-hydrogen) atoms. The van der Waals surface area contributed by atoms with Gasteiger partial charge in [-0.2, -0.15) is 0 Å². The van der Waals surface area contributed by atoms with Crippen LogP contribution in [-0.4, -0.2) is 71.0 Å². The summed E-state index contributed by atoms with van der Waals surface area (Å²) in [4.78, 5) is 31.3. The van der Waals surface area contributed by atoms with Gasteiger partial charge in [-0.25, -0.2) is 0 Å². The highest BCUT2D eigenvalue weighted by atomic mass is 32.2. The molecule has 2 heterocycles. The van der Waals surface area contributed by atoms with E-state index in [-0.39, 0.29) is 27.9 Å². The molecule has 1 aromatic rings. The first kappa shape index (κ1) is 23.1. The van der Waals surface area contributed by atoms with E-state index >= 15 is 0 Å². The number of piperazine rings is 1. The van der Waals surface area contributed by atoms with Gasteiger partial charge in [0.2, 0.25) is 11.8 Å². The highest BCUT2D eigenvalue weighted by Crippen LogP contribution is 2.44. The summed E-state index contributed by atoms with van der Waals surface area (Å²) >= 11 is 1.79. The first-order chi connectivity index (χ1) is 14.2. The average molecular weight is 432 g/mol. The molecule has 1 aromatic carbocycles. The average Bonchev–Trinajstić information content (AvgIpc) is 3.07. The fourth-order valence-electron chi connectivity index (χ4n) is 4.19. The first-order valence-corrected chi connectivity index (χ1v) is 12.2. The second kappa shape index (κ2) is 9.73. The van der Waals surface area contributed by atoms with Crippen molar-refractivity contribution in [1.29, 1.82) is 0 Å². The zero-order chi connectivity index (χ0) is 21.9. The lowest BCUT2D eigenvalue weighted by Gasteiger charge is -2.36. The Bertz CT molecular complexity index is 736. The van der Waals surface area contributed by atoms with Crippen molar-refractivity contribution in [2.24, 2.45) is 0 Å². The molecule has 2 atom stereocenters. The van der Waals surface area contributed by atoms with E-state index in [0.29, 0.717) is 6.42 Å². The Kier molecular flexibility index (Phi) is 7.51. The van der Waals surface area contributed by atoms with Gasteiger partial charge in [-0.3, -0.25) is 14.5 Å². The molecule has 2 aliphatic rings. The van der Waals surface area contributed by atoms with Crippen LogP contribution in [0.25, 0.3) is 0 Å². The summed E-state index contributed by atoms with van der Waals surface area (Å²) in [6, 6.07) is 8.82. The fraction of sp³-hybridized carbons (Fsp3) is 0.667. The van der Waals surface area contributed by atoms with Crippen LogP contribution in [0.15, 0.2) is 24.3 Å². The molecule has 2 saturated heterocycles. The molecule has 6 heteroatoms. The predicted octanol–water partition coefficient (Wildman–Crippen LogP) is 3.89. The number of hydrogen-bond acceptors (Lipinski definition) is 4. The molecule has 2 fully saturated rings. The summed E-state index contributed by atoms with van der Waals surface area (Å²) in [6.07, 6.45) is 1.45. The van der Waals surface area contributed by atoms with E-state index < -0.39 is 0 Å². The summed E-state index contributed by atoms with van der Waals surface area (Å²) in [5.74, 6) is 0.512. The van der Waals surface area contributed by atoms with E-state index in [4.69, 9.17) is 0 Å². The van der Waals surface area contributed by atoms with E-state index in [1.54, 1.807) is 11.8 Å². The van der Waals surface area contributed by atoms with Crippen LogP contribution in [-0.2, 0) is 15.0 Å². The van der Waals surface area contributed by atoms with Crippen molar-refractivity contribution in [3.05, 3.63) is 35.4 Å². The first-order valence-electron chi connectivity index (χ1n) is 11.3. The van der Waals surface area contributed by atoms with Gasteiger partial charge < -0.3 is 9.80 Å². The lowest BCUT2D eigenvalue weighted by molar-refractivity contribution is -0.132. The van der Waals surface area contributed by atoms with Crippen LogP contribution in [0.4, 0.5) is 0 Å². The van der Waals surface area contributed by atoms with Crippen LogP contribution in [0.1, 0.15) is 64.0 Å². The molecular formula is C24H37N3O2S. The zero-order valence-corrected chi connectivity index (χ0v) is 20.0. The second-order valence-electron chi connectivity index (χ2n) is 9.36. The molecule has 0 bridgehead atoms. The molecule has 0 aliphatic carbocycles. The monoisotopic (exact) mass is 431 g/mol. The Labute approximate surface area is 186 Å². The Balaban J connectivity index is 1.64. The smallest absolute Gasteiger partial charge is 0.236 e. The van der Waals surface area contributed by atoms with Crippen LogP contribution < -0.4 is 0 Å². The van der Waals surface area contributed by atoms with Gasteiger partial charge in [0.1, 0.15) is 5.37 Å². The highest BCUT2D eigenvalue weighted by molar-refractivity contribution is 8.01. The van der Waals surface area contributed by atoms with Gasteiger partial charge in [0.15, 0.2) is 0 Å². The van der Waals surface area contributed by atoms with Gasteiger partial charge in [-0.15, -0.1) is 11.8 Å². The number of amides is 2. The highest BCUT2D eigenvalue weighted by Gasteiger charge is 2.40. The van der Waals surface area contributed by atoms with Crippen molar-refractivity contribution < 1.29 is 9.59 Å². The quantitative estimate of drug-likeness (QED) is 0.685. The molecule has 0 aromatic heterocycles. The Morgan fingerprint density at radius 3 is 2.20 bits per heavy atom. The maximum Gasteiger partial charge on any atom is 0.236 e. The SMILES string of the molecule is CCC(=O)N1CCN(CCN2C(=O)[C@H](CC)S[C@@H]2c2ccc(C(C)(C)C)cc2)CC1. The second-order valence-corrected chi connectivity index (χ2v) is 10.7. The number of thioether (sulfide) groups is 1. The van der Waals surface area contributed by atoms with E-state index in [1.165, 1.54) is 11.1 Å². The summed E-state index contributed by atoms with van der Waals surface area (Å²) < 4.78 is 0. The summed E-state index contributed by atoms with van der Waals surface area (Å²) in [5, 5.41) is 0.149. The third-order valence-corrected chi connectivity index (χ3v) is 7.90. The maximum absolute atomic E-state index is 13.0. The van der Waals surface area contributed by atoms with E-state index in [2.05, 4.69) is 61.8 Å². The van der Waals surface area contributed by atoms with Gasteiger partial charge in [0.25, 0.3) is 0 Å². The predicted molar refractivity (Wildman–Crippen MR) is 125 cm³/mol. The minimum atomic E-state index is 0.0521. The Hall–Kier alpha value is -1.53.